The van der Waals surface area contributed by atoms with Crippen molar-refractivity contribution in [3.8, 4) is 22.5 Å². The van der Waals surface area contributed by atoms with Gasteiger partial charge >= 0.3 is 0 Å². The van der Waals surface area contributed by atoms with Crippen LogP contribution in [0.2, 0.25) is 0 Å². The molecule has 0 bridgehead atoms. The van der Waals surface area contributed by atoms with Crippen molar-refractivity contribution in [1.82, 2.24) is 15.2 Å². The third-order valence-electron chi connectivity index (χ3n) is 4.05. The molecule has 0 aliphatic heterocycles. The Balaban J connectivity index is 1.68. The number of carbonyl (C=O) groups excluding carboxylic acids is 1. The first kappa shape index (κ1) is 16.0. The summed E-state index contributed by atoms with van der Waals surface area (Å²) in [6.07, 6.45) is 0. The van der Waals surface area contributed by atoms with Gasteiger partial charge in [0.2, 0.25) is 5.91 Å². The molecule has 0 spiro atoms. The first-order valence-electron chi connectivity index (χ1n) is 8.09. The SMILES string of the molecule is CC(=O)Nc1ccc(-c2ccc3c(-c4ccc(F)cc4)[nH]nc3n2)cc1. The number of halogens is 1. The second-order valence-electron chi connectivity index (χ2n) is 5.93. The Morgan fingerprint density at radius 1 is 0.962 bits per heavy atom. The maximum atomic E-state index is 13.1. The van der Waals surface area contributed by atoms with Gasteiger partial charge < -0.3 is 5.32 Å². The number of aromatic nitrogens is 3. The maximum absolute atomic E-state index is 13.1. The summed E-state index contributed by atoms with van der Waals surface area (Å²) in [7, 11) is 0. The van der Waals surface area contributed by atoms with Crippen molar-refractivity contribution in [3.05, 3.63) is 66.5 Å². The van der Waals surface area contributed by atoms with E-state index in [1.807, 2.05) is 36.4 Å². The quantitative estimate of drug-likeness (QED) is 0.578. The van der Waals surface area contributed by atoms with Gasteiger partial charge in [-0.1, -0.05) is 12.1 Å². The fourth-order valence-corrected chi connectivity index (χ4v) is 2.82. The van der Waals surface area contributed by atoms with Gasteiger partial charge in [-0.15, -0.1) is 0 Å². The van der Waals surface area contributed by atoms with Crippen molar-refractivity contribution in [2.24, 2.45) is 0 Å². The van der Waals surface area contributed by atoms with Gasteiger partial charge in [-0.05, 0) is 48.5 Å². The molecule has 5 nitrogen and oxygen atoms in total. The monoisotopic (exact) mass is 346 g/mol. The van der Waals surface area contributed by atoms with Crippen molar-refractivity contribution >= 4 is 22.6 Å². The lowest BCUT2D eigenvalue weighted by Crippen LogP contribution is -2.05. The Morgan fingerprint density at radius 3 is 2.35 bits per heavy atom. The molecule has 26 heavy (non-hydrogen) atoms. The van der Waals surface area contributed by atoms with E-state index in [1.54, 1.807) is 12.1 Å². The van der Waals surface area contributed by atoms with Crippen molar-refractivity contribution in [2.45, 2.75) is 6.92 Å². The van der Waals surface area contributed by atoms with Crippen LogP contribution < -0.4 is 5.32 Å². The number of amides is 1. The van der Waals surface area contributed by atoms with E-state index in [9.17, 15) is 9.18 Å². The van der Waals surface area contributed by atoms with Gasteiger partial charge in [-0.3, -0.25) is 9.89 Å². The molecule has 0 unspecified atom stereocenters. The molecule has 2 aromatic carbocycles. The van der Waals surface area contributed by atoms with Crippen LogP contribution in [0, 0.1) is 5.82 Å². The molecule has 0 fully saturated rings. The Kier molecular flexibility index (Phi) is 3.93. The number of H-pyrrole nitrogens is 1. The number of anilines is 1. The van der Waals surface area contributed by atoms with E-state index in [4.69, 9.17) is 0 Å². The van der Waals surface area contributed by atoms with Crippen molar-refractivity contribution < 1.29 is 9.18 Å². The van der Waals surface area contributed by atoms with E-state index in [-0.39, 0.29) is 11.7 Å². The van der Waals surface area contributed by atoms with Crippen LogP contribution in [-0.2, 0) is 4.79 Å². The third kappa shape index (κ3) is 3.04. The average Bonchev–Trinajstić information content (AvgIpc) is 3.06. The fourth-order valence-electron chi connectivity index (χ4n) is 2.82. The van der Waals surface area contributed by atoms with E-state index in [0.717, 1.165) is 33.6 Å². The third-order valence-corrected chi connectivity index (χ3v) is 4.05. The molecule has 0 atom stereocenters. The fraction of sp³-hybridized carbons (Fsp3) is 0.0500. The van der Waals surface area contributed by atoms with E-state index in [1.165, 1.54) is 19.1 Å². The van der Waals surface area contributed by atoms with Gasteiger partial charge in [-0.2, -0.15) is 5.10 Å². The van der Waals surface area contributed by atoms with Crippen molar-refractivity contribution in [3.63, 3.8) is 0 Å². The van der Waals surface area contributed by atoms with Crippen LogP contribution in [0.4, 0.5) is 10.1 Å². The Hall–Kier alpha value is -3.54. The summed E-state index contributed by atoms with van der Waals surface area (Å²) in [5.74, 6) is -0.386. The highest BCUT2D eigenvalue weighted by Crippen LogP contribution is 2.28. The number of aromatic amines is 1. The first-order valence-corrected chi connectivity index (χ1v) is 8.09. The summed E-state index contributed by atoms with van der Waals surface area (Å²) < 4.78 is 13.1. The van der Waals surface area contributed by atoms with Crippen LogP contribution in [0.25, 0.3) is 33.5 Å². The minimum Gasteiger partial charge on any atom is -0.326 e. The maximum Gasteiger partial charge on any atom is 0.221 e. The number of nitrogens with one attached hydrogen (secondary N) is 2. The van der Waals surface area contributed by atoms with Gasteiger partial charge in [-0.25, -0.2) is 9.37 Å². The van der Waals surface area contributed by atoms with Gasteiger partial charge in [0.25, 0.3) is 0 Å². The average molecular weight is 346 g/mol. The highest BCUT2D eigenvalue weighted by Gasteiger charge is 2.10. The number of pyridine rings is 1. The summed E-state index contributed by atoms with van der Waals surface area (Å²) >= 11 is 0. The van der Waals surface area contributed by atoms with Crippen LogP contribution in [0.5, 0.6) is 0 Å². The van der Waals surface area contributed by atoms with Crippen LogP contribution in [0.3, 0.4) is 0 Å². The summed E-state index contributed by atoms with van der Waals surface area (Å²) in [5.41, 5.74) is 4.69. The number of fused-ring (bicyclic) bond motifs is 1. The molecule has 0 radical (unpaired) electrons. The van der Waals surface area contributed by atoms with E-state index >= 15 is 0 Å². The van der Waals surface area contributed by atoms with Gasteiger partial charge in [0.15, 0.2) is 5.65 Å². The molecule has 6 heteroatoms. The number of nitrogens with zero attached hydrogens (tertiary/aromatic N) is 2. The molecule has 0 saturated heterocycles. The summed E-state index contributed by atoms with van der Waals surface area (Å²) in [6.45, 7) is 1.47. The number of rotatable bonds is 3. The first-order chi connectivity index (χ1) is 12.6. The Bertz CT molecular complexity index is 1090. The molecule has 4 aromatic rings. The van der Waals surface area contributed by atoms with E-state index in [0.29, 0.717) is 5.65 Å². The molecule has 0 saturated carbocycles. The molecule has 0 aliphatic carbocycles. The lowest BCUT2D eigenvalue weighted by atomic mass is 10.1. The Labute approximate surface area is 148 Å². The summed E-state index contributed by atoms with van der Waals surface area (Å²) in [5, 5.41) is 10.9. The van der Waals surface area contributed by atoms with Gasteiger partial charge in [0, 0.05) is 29.1 Å². The van der Waals surface area contributed by atoms with E-state index in [2.05, 4.69) is 20.5 Å². The molecule has 4 rings (SSSR count). The topological polar surface area (TPSA) is 70.7 Å². The van der Waals surface area contributed by atoms with Crippen LogP contribution in [0.15, 0.2) is 60.7 Å². The smallest absolute Gasteiger partial charge is 0.221 e. The second-order valence-corrected chi connectivity index (χ2v) is 5.93. The van der Waals surface area contributed by atoms with Crippen LogP contribution in [-0.4, -0.2) is 21.1 Å². The Morgan fingerprint density at radius 2 is 1.65 bits per heavy atom. The highest BCUT2D eigenvalue weighted by atomic mass is 19.1. The minimum atomic E-state index is -0.277. The molecule has 1 amide bonds. The second kappa shape index (κ2) is 6.40. The molecular weight excluding hydrogens is 331 g/mol. The zero-order valence-corrected chi connectivity index (χ0v) is 14.0. The lowest BCUT2D eigenvalue weighted by Gasteiger charge is -2.05. The summed E-state index contributed by atoms with van der Waals surface area (Å²) in [4.78, 5) is 15.7. The molecule has 2 aromatic heterocycles. The van der Waals surface area contributed by atoms with Crippen molar-refractivity contribution in [1.29, 1.82) is 0 Å². The normalized spacial score (nSPS) is 10.8. The highest BCUT2D eigenvalue weighted by molar-refractivity contribution is 5.92. The van der Waals surface area contributed by atoms with Crippen LogP contribution >= 0.6 is 0 Å². The number of hydrogen-bond acceptors (Lipinski definition) is 3. The van der Waals surface area contributed by atoms with Gasteiger partial charge in [0.1, 0.15) is 5.82 Å². The summed E-state index contributed by atoms with van der Waals surface area (Å²) in [6, 6.07) is 17.6. The zero-order valence-electron chi connectivity index (χ0n) is 14.0. The molecule has 128 valence electrons. The largest absolute Gasteiger partial charge is 0.326 e. The predicted molar refractivity (Wildman–Crippen MR) is 99.0 cm³/mol. The number of carbonyl (C=O) groups is 1. The minimum absolute atomic E-state index is 0.109. The molecular formula is C20H15FN4O. The molecule has 2 heterocycles. The molecule has 2 N–H and O–H groups in total. The van der Waals surface area contributed by atoms with Crippen molar-refractivity contribution in [2.75, 3.05) is 5.32 Å². The van der Waals surface area contributed by atoms with Crippen LogP contribution in [0.1, 0.15) is 6.92 Å². The predicted octanol–water partition coefficient (Wildman–Crippen LogP) is 4.39. The molecule has 0 aliphatic rings. The van der Waals surface area contributed by atoms with Gasteiger partial charge in [0.05, 0.1) is 11.4 Å². The number of hydrogen-bond donors (Lipinski definition) is 2. The lowest BCUT2D eigenvalue weighted by molar-refractivity contribution is -0.114. The number of benzene rings is 2. The van der Waals surface area contributed by atoms with E-state index < -0.39 is 0 Å². The zero-order chi connectivity index (χ0) is 18.1. The standard InChI is InChI=1S/C20H15FN4O/c1-12(26)22-16-8-4-13(5-9-16)18-11-10-17-19(24-25-20(17)23-18)14-2-6-15(21)7-3-14/h2-11H,1H3,(H,22,26)(H,23,24,25).